The number of aryl methyl sites for hydroxylation is 1. The molecule has 2 nitrogen and oxygen atoms in total. The van der Waals surface area contributed by atoms with Gasteiger partial charge >= 0.3 is 0 Å². The maximum absolute atomic E-state index is 12.6. The van der Waals surface area contributed by atoms with Crippen molar-refractivity contribution in [3.63, 3.8) is 0 Å². The van der Waals surface area contributed by atoms with Gasteiger partial charge in [-0.1, -0.05) is 27.5 Å². The van der Waals surface area contributed by atoms with E-state index in [9.17, 15) is 4.79 Å². The smallest absolute Gasteiger partial charge is 0.254 e. The lowest BCUT2D eigenvalue weighted by Crippen LogP contribution is -2.44. The summed E-state index contributed by atoms with van der Waals surface area (Å²) < 4.78 is 0. The van der Waals surface area contributed by atoms with Crippen molar-refractivity contribution in [3.05, 3.63) is 34.3 Å². The first-order chi connectivity index (χ1) is 8.63. The Hall–Kier alpha value is -0.540. The number of hydrogen-bond donors (Lipinski definition) is 0. The molecule has 1 aliphatic rings. The maximum atomic E-state index is 12.6. The molecule has 18 heavy (non-hydrogen) atoms. The molecule has 0 saturated carbocycles. The van der Waals surface area contributed by atoms with E-state index in [1.807, 2.05) is 24.0 Å². The van der Waals surface area contributed by atoms with E-state index in [-0.39, 0.29) is 5.91 Å². The first-order valence-corrected chi connectivity index (χ1v) is 7.76. The maximum Gasteiger partial charge on any atom is 0.254 e. The van der Waals surface area contributed by atoms with E-state index >= 15 is 0 Å². The summed E-state index contributed by atoms with van der Waals surface area (Å²) in [6.07, 6.45) is 3.39. The van der Waals surface area contributed by atoms with Crippen LogP contribution in [0.25, 0.3) is 0 Å². The fourth-order valence-electron chi connectivity index (χ4n) is 2.45. The summed E-state index contributed by atoms with van der Waals surface area (Å²) in [5, 5.41) is 1.53. The van der Waals surface area contributed by atoms with Crippen LogP contribution in [0.15, 0.2) is 18.2 Å². The van der Waals surface area contributed by atoms with Gasteiger partial charge in [-0.25, -0.2) is 0 Å². The normalized spacial score (nSPS) is 19.9. The molecule has 0 aliphatic carbocycles. The topological polar surface area (TPSA) is 20.3 Å². The number of piperidine rings is 1. The van der Waals surface area contributed by atoms with E-state index in [1.54, 1.807) is 6.07 Å². The van der Waals surface area contributed by atoms with Crippen molar-refractivity contribution in [2.45, 2.75) is 32.2 Å². The quantitative estimate of drug-likeness (QED) is 0.750. The fourth-order valence-corrected chi connectivity index (χ4v) is 3.35. The average Bonchev–Trinajstić information content (AvgIpc) is 2.38. The number of alkyl halides is 1. The lowest BCUT2D eigenvalue weighted by atomic mass is 10.0. The Labute approximate surface area is 121 Å². The third-order valence-corrected chi connectivity index (χ3v) is 4.47. The molecule has 1 saturated heterocycles. The summed E-state index contributed by atoms with van der Waals surface area (Å²) in [6, 6.07) is 5.79. The standard InChI is InChI=1S/C14H17BrClNO/c1-10-8-11(16)5-6-13(10)14(18)17-7-3-2-4-12(17)9-15/h5-6,8,12H,2-4,7,9H2,1H3. The monoisotopic (exact) mass is 329 g/mol. The van der Waals surface area contributed by atoms with Crippen LogP contribution < -0.4 is 0 Å². The molecule has 0 bridgehead atoms. The number of rotatable bonds is 2. The third kappa shape index (κ3) is 2.89. The number of carbonyl (C=O) groups is 1. The molecule has 1 amide bonds. The van der Waals surface area contributed by atoms with Crippen LogP contribution in [0.2, 0.25) is 5.02 Å². The molecule has 98 valence electrons. The zero-order chi connectivity index (χ0) is 13.1. The first kappa shape index (κ1) is 13.9. The molecule has 4 heteroatoms. The molecule has 1 fully saturated rings. The van der Waals surface area contributed by atoms with Crippen LogP contribution >= 0.6 is 27.5 Å². The van der Waals surface area contributed by atoms with Crippen LogP contribution in [-0.2, 0) is 0 Å². The Morgan fingerprint density at radius 1 is 1.50 bits per heavy atom. The predicted octanol–water partition coefficient (Wildman–Crippen LogP) is 4.04. The van der Waals surface area contributed by atoms with Gasteiger partial charge in [0, 0.05) is 28.5 Å². The van der Waals surface area contributed by atoms with Gasteiger partial charge in [0.15, 0.2) is 0 Å². The van der Waals surface area contributed by atoms with Crippen molar-refractivity contribution in [2.24, 2.45) is 0 Å². The zero-order valence-corrected chi connectivity index (χ0v) is 12.8. The minimum Gasteiger partial charge on any atom is -0.335 e. The largest absolute Gasteiger partial charge is 0.335 e. The van der Waals surface area contributed by atoms with E-state index in [4.69, 9.17) is 11.6 Å². The van der Waals surface area contributed by atoms with Gasteiger partial charge in [-0.15, -0.1) is 0 Å². The molecule has 1 aromatic rings. The Kier molecular flexibility index (Phi) is 4.68. The molecule has 1 aliphatic heterocycles. The van der Waals surface area contributed by atoms with Crippen molar-refractivity contribution in [3.8, 4) is 0 Å². The second kappa shape index (κ2) is 6.07. The minimum absolute atomic E-state index is 0.133. The highest BCUT2D eigenvalue weighted by Gasteiger charge is 2.27. The van der Waals surface area contributed by atoms with Gasteiger partial charge in [-0.2, -0.15) is 0 Å². The van der Waals surface area contributed by atoms with Gasteiger partial charge in [0.25, 0.3) is 5.91 Å². The molecule has 1 heterocycles. The van der Waals surface area contributed by atoms with Crippen LogP contribution in [0, 0.1) is 6.92 Å². The number of hydrogen-bond acceptors (Lipinski definition) is 1. The van der Waals surface area contributed by atoms with Gasteiger partial charge in [-0.3, -0.25) is 4.79 Å². The van der Waals surface area contributed by atoms with Gasteiger partial charge in [0.1, 0.15) is 0 Å². The minimum atomic E-state index is 0.133. The third-order valence-electron chi connectivity index (χ3n) is 3.48. The number of benzene rings is 1. The SMILES string of the molecule is Cc1cc(Cl)ccc1C(=O)N1CCCCC1CBr. The molecule has 1 aromatic carbocycles. The molecule has 0 radical (unpaired) electrons. The molecule has 1 atom stereocenters. The van der Waals surface area contributed by atoms with Crippen molar-refractivity contribution in [1.82, 2.24) is 4.90 Å². The van der Waals surface area contributed by atoms with E-state index in [0.29, 0.717) is 11.1 Å². The van der Waals surface area contributed by atoms with Gasteiger partial charge in [-0.05, 0) is 49.9 Å². The summed E-state index contributed by atoms with van der Waals surface area (Å²) in [5.74, 6) is 0.133. The lowest BCUT2D eigenvalue weighted by Gasteiger charge is -2.35. The van der Waals surface area contributed by atoms with Crippen molar-refractivity contribution in [1.29, 1.82) is 0 Å². The molecular formula is C14H17BrClNO. The van der Waals surface area contributed by atoms with Crippen LogP contribution in [0.3, 0.4) is 0 Å². The molecular weight excluding hydrogens is 314 g/mol. The first-order valence-electron chi connectivity index (χ1n) is 6.26. The Balaban J connectivity index is 2.24. The summed E-state index contributed by atoms with van der Waals surface area (Å²) in [6.45, 7) is 2.80. The van der Waals surface area contributed by atoms with Gasteiger partial charge in [0.2, 0.25) is 0 Å². The summed E-state index contributed by atoms with van der Waals surface area (Å²) in [4.78, 5) is 14.6. The zero-order valence-electron chi connectivity index (χ0n) is 10.5. The second-order valence-electron chi connectivity index (χ2n) is 4.76. The van der Waals surface area contributed by atoms with E-state index < -0.39 is 0 Å². The van der Waals surface area contributed by atoms with Crippen molar-refractivity contribution < 1.29 is 4.79 Å². The fraction of sp³-hybridized carbons (Fsp3) is 0.500. The van der Waals surface area contributed by atoms with Crippen LogP contribution in [-0.4, -0.2) is 28.7 Å². The summed E-state index contributed by atoms with van der Waals surface area (Å²) in [7, 11) is 0. The number of carbonyl (C=O) groups excluding carboxylic acids is 1. The average molecular weight is 331 g/mol. The van der Waals surface area contributed by atoms with Crippen LogP contribution in [0.4, 0.5) is 0 Å². The molecule has 1 unspecified atom stereocenters. The lowest BCUT2D eigenvalue weighted by molar-refractivity contribution is 0.0641. The van der Waals surface area contributed by atoms with Gasteiger partial charge in [0.05, 0.1) is 0 Å². The highest BCUT2D eigenvalue weighted by Crippen LogP contribution is 2.23. The number of likely N-dealkylation sites (tertiary alicyclic amines) is 1. The Morgan fingerprint density at radius 3 is 2.94 bits per heavy atom. The van der Waals surface area contributed by atoms with Crippen molar-refractivity contribution >= 4 is 33.4 Å². The highest BCUT2D eigenvalue weighted by atomic mass is 79.9. The number of nitrogens with zero attached hydrogens (tertiary/aromatic N) is 1. The highest BCUT2D eigenvalue weighted by molar-refractivity contribution is 9.09. The summed E-state index contributed by atoms with van der Waals surface area (Å²) >= 11 is 9.44. The van der Waals surface area contributed by atoms with Crippen LogP contribution in [0.1, 0.15) is 35.2 Å². The predicted molar refractivity (Wildman–Crippen MR) is 78.7 cm³/mol. The molecule has 0 N–H and O–H groups in total. The Morgan fingerprint density at radius 2 is 2.28 bits per heavy atom. The molecule has 2 rings (SSSR count). The van der Waals surface area contributed by atoms with Gasteiger partial charge < -0.3 is 4.90 Å². The van der Waals surface area contributed by atoms with E-state index in [2.05, 4.69) is 15.9 Å². The molecule has 0 spiro atoms. The number of halogens is 2. The number of amides is 1. The summed E-state index contributed by atoms with van der Waals surface area (Å²) in [5.41, 5.74) is 1.72. The molecule has 0 aromatic heterocycles. The Bertz CT molecular complexity index is 449. The second-order valence-corrected chi connectivity index (χ2v) is 5.85. The van der Waals surface area contributed by atoms with Crippen molar-refractivity contribution in [2.75, 3.05) is 11.9 Å². The van der Waals surface area contributed by atoms with E-state index in [0.717, 1.165) is 35.8 Å². The van der Waals surface area contributed by atoms with E-state index in [1.165, 1.54) is 6.42 Å². The van der Waals surface area contributed by atoms with Crippen LogP contribution in [0.5, 0.6) is 0 Å².